The Morgan fingerprint density at radius 1 is 1.08 bits per heavy atom. The summed E-state index contributed by atoms with van der Waals surface area (Å²) in [6.07, 6.45) is -5.12. The monoisotopic (exact) mass is 377 g/mol. The Labute approximate surface area is 142 Å². The van der Waals surface area contributed by atoms with Crippen molar-refractivity contribution in [3.8, 4) is 0 Å². The van der Waals surface area contributed by atoms with Gasteiger partial charge in [0.1, 0.15) is 5.82 Å². The molecule has 2 aromatic carbocycles. The number of benzene rings is 2. The molecule has 0 aliphatic heterocycles. The number of aryl methyl sites for hydroxylation is 1. The molecule has 0 amide bonds. The molecule has 0 spiro atoms. The highest BCUT2D eigenvalue weighted by molar-refractivity contribution is 7.89. The first-order valence-corrected chi connectivity index (χ1v) is 8.56. The molecular formula is C16H15F4NO3S. The van der Waals surface area contributed by atoms with Gasteiger partial charge >= 0.3 is 6.18 Å². The Balaban J connectivity index is 2.33. The van der Waals surface area contributed by atoms with Crippen molar-refractivity contribution >= 4 is 10.0 Å². The van der Waals surface area contributed by atoms with Crippen molar-refractivity contribution in [2.75, 3.05) is 6.54 Å². The number of hydrogen-bond acceptors (Lipinski definition) is 3. The summed E-state index contributed by atoms with van der Waals surface area (Å²) < 4.78 is 79.4. The van der Waals surface area contributed by atoms with Crippen molar-refractivity contribution in [3.05, 3.63) is 65.5 Å². The van der Waals surface area contributed by atoms with Gasteiger partial charge in [-0.1, -0.05) is 30.3 Å². The lowest BCUT2D eigenvalue weighted by molar-refractivity contribution is -0.263. The van der Waals surface area contributed by atoms with Crippen LogP contribution in [0.3, 0.4) is 0 Å². The van der Waals surface area contributed by atoms with Crippen LogP contribution in [0.4, 0.5) is 17.6 Å². The van der Waals surface area contributed by atoms with E-state index in [9.17, 15) is 31.1 Å². The molecule has 1 atom stereocenters. The summed E-state index contributed by atoms with van der Waals surface area (Å²) in [5.41, 5.74) is -3.88. The topological polar surface area (TPSA) is 66.4 Å². The van der Waals surface area contributed by atoms with Crippen molar-refractivity contribution < 1.29 is 31.1 Å². The standard InChI is InChI=1S/C16H15F4NO3S/c1-11-9-13(7-8-14(11)17)25(23,24)21-10-15(22,16(18,19)20)12-5-3-2-4-6-12/h2-9,21-22H,10H2,1H3/t15-/m1/s1. The van der Waals surface area contributed by atoms with E-state index in [0.717, 1.165) is 30.3 Å². The van der Waals surface area contributed by atoms with Crippen LogP contribution in [0, 0.1) is 12.7 Å². The first-order chi connectivity index (χ1) is 11.5. The molecule has 0 radical (unpaired) electrons. The lowest BCUT2D eigenvalue weighted by Crippen LogP contribution is -2.51. The quantitative estimate of drug-likeness (QED) is 0.788. The summed E-state index contributed by atoms with van der Waals surface area (Å²) in [7, 11) is -4.38. The predicted molar refractivity (Wildman–Crippen MR) is 82.7 cm³/mol. The van der Waals surface area contributed by atoms with E-state index in [1.54, 1.807) is 4.72 Å². The molecule has 0 aliphatic rings. The van der Waals surface area contributed by atoms with Gasteiger partial charge in [-0.25, -0.2) is 17.5 Å². The van der Waals surface area contributed by atoms with E-state index in [2.05, 4.69) is 0 Å². The van der Waals surface area contributed by atoms with Crippen LogP contribution < -0.4 is 4.72 Å². The number of halogens is 4. The minimum Gasteiger partial charge on any atom is -0.375 e. The summed E-state index contributed by atoms with van der Waals surface area (Å²) in [4.78, 5) is -0.399. The summed E-state index contributed by atoms with van der Waals surface area (Å²) in [5.74, 6) is -0.643. The average molecular weight is 377 g/mol. The van der Waals surface area contributed by atoms with Crippen molar-refractivity contribution in [1.82, 2.24) is 4.72 Å². The largest absolute Gasteiger partial charge is 0.422 e. The minimum absolute atomic E-state index is 0.0250. The Bertz CT molecular complexity index is 853. The molecule has 0 aromatic heterocycles. The highest BCUT2D eigenvalue weighted by Gasteiger charge is 2.55. The molecule has 136 valence electrons. The Kier molecular flexibility index (Phi) is 5.22. The zero-order chi connectivity index (χ0) is 18.9. The lowest BCUT2D eigenvalue weighted by atomic mass is 9.93. The molecule has 0 unspecified atom stereocenters. The normalized spacial score (nSPS) is 15.0. The molecule has 0 bridgehead atoms. The molecular weight excluding hydrogens is 362 g/mol. The minimum atomic E-state index is -5.12. The summed E-state index contributed by atoms with van der Waals surface area (Å²) >= 11 is 0. The van der Waals surface area contributed by atoms with Crippen LogP contribution in [-0.4, -0.2) is 26.2 Å². The molecule has 25 heavy (non-hydrogen) atoms. The van der Waals surface area contributed by atoms with E-state index in [0.29, 0.717) is 0 Å². The second kappa shape index (κ2) is 6.74. The van der Waals surface area contributed by atoms with Crippen molar-refractivity contribution in [2.24, 2.45) is 0 Å². The van der Waals surface area contributed by atoms with E-state index < -0.39 is 44.6 Å². The highest BCUT2D eigenvalue weighted by atomic mass is 32.2. The van der Waals surface area contributed by atoms with Gasteiger partial charge in [0.2, 0.25) is 10.0 Å². The third-order valence-electron chi connectivity index (χ3n) is 3.68. The van der Waals surface area contributed by atoms with Gasteiger partial charge in [0.05, 0.1) is 11.4 Å². The fraction of sp³-hybridized carbons (Fsp3) is 0.250. The Morgan fingerprint density at radius 3 is 2.20 bits per heavy atom. The van der Waals surface area contributed by atoms with Gasteiger partial charge in [-0.2, -0.15) is 13.2 Å². The molecule has 0 saturated heterocycles. The summed E-state index contributed by atoms with van der Waals surface area (Å²) in [6.45, 7) is 0.00362. The van der Waals surface area contributed by atoms with Crippen molar-refractivity contribution in [2.45, 2.75) is 23.6 Å². The molecule has 4 nitrogen and oxygen atoms in total. The van der Waals surface area contributed by atoms with Crippen LogP contribution in [0.5, 0.6) is 0 Å². The lowest BCUT2D eigenvalue weighted by Gasteiger charge is -2.31. The SMILES string of the molecule is Cc1cc(S(=O)(=O)NC[C@@](O)(c2ccccc2)C(F)(F)F)ccc1F. The number of nitrogens with one attached hydrogen (secondary N) is 1. The number of hydrogen-bond donors (Lipinski definition) is 2. The van der Waals surface area contributed by atoms with Gasteiger partial charge in [0.25, 0.3) is 0 Å². The van der Waals surface area contributed by atoms with Crippen LogP contribution in [0.25, 0.3) is 0 Å². The second-order valence-electron chi connectivity index (χ2n) is 5.46. The number of aliphatic hydroxyl groups is 1. The van der Waals surface area contributed by atoms with Gasteiger partial charge in [-0.3, -0.25) is 0 Å². The number of rotatable bonds is 5. The average Bonchev–Trinajstić information content (AvgIpc) is 2.55. The molecule has 0 fully saturated rings. The third-order valence-corrected chi connectivity index (χ3v) is 5.08. The van der Waals surface area contributed by atoms with Gasteiger partial charge in [-0.15, -0.1) is 0 Å². The maximum atomic E-state index is 13.4. The fourth-order valence-corrected chi connectivity index (χ4v) is 3.29. The zero-order valence-corrected chi connectivity index (χ0v) is 13.8. The Hall–Kier alpha value is -1.97. The molecule has 2 N–H and O–H groups in total. The summed E-state index contributed by atoms with van der Waals surface area (Å²) in [5, 5.41) is 10.1. The smallest absolute Gasteiger partial charge is 0.375 e. The zero-order valence-electron chi connectivity index (χ0n) is 13.0. The van der Waals surface area contributed by atoms with E-state index >= 15 is 0 Å². The molecule has 0 heterocycles. The maximum absolute atomic E-state index is 13.4. The van der Waals surface area contributed by atoms with E-state index in [1.807, 2.05) is 0 Å². The van der Waals surface area contributed by atoms with Crippen LogP contribution >= 0.6 is 0 Å². The van der Waals surface area contributed by atoms with Gasteiger partial charge < -0.3 is 5.11 Å². The van der Waals surface area contributed by atoms with E-state index in [-0.39, 0.29) is 5.56 Å². The molecule has 2 aromatic rings. The van der Waals surface area contributed by atoms with Crippen LogP contribution in [-0.2, 0) is 15.6 Å². The summed E-state index contributed by atoms with van der Waals surface area (Å²) in [6, 6.07) is 8.97. The van der Waals surface area contributed by atoms with Gasteiger partial charge in [-0.05, 0) is 36.2 Å². The maximum Gasteiger partial charge on any atom is 0.422 e. The highest BCUT2D eigenvalue weighted by Crippen LogP contribution is 2.38. The van der Waals surface area contributed by atoms with Gasteiger partial charge in [0, 0.05) is 0 Å². The molecule has 0 aliphatic carbocycles. The van der Waals surface area contributed by atoms with E-state index in [1.165, 1.54) is 25.1 Å². The Morgan fingerprint density at radius 2 is 1.68 bits per heavy atom. The molecule has 2 rings (SSSR count). The van der Waals surface area contributed by atoms with Crippen LogP contribution in [0.15, 0.2) is 53.4 Å². The molecule has 9 heteroatoms. The second-order valence-corrected chi connectivity index (χ2v) is 7.23. The fourth-order valence-electron chi connectivity index (χ4n) is 2.15. The van der Waals surface area contributed by atoms with Crippen LogP contribution in [0.1, 0.15) is 11.1 Å². The number of sulfonamides is 1. The molecule has 0 saturated carbocycles. The van der Waals surface area contributed by atoms with Crippen LogP contribution in [0.2, 0.25) is 0 Å². The predicted octanol–water partition coefficient (Wildman–Crippen LogP) is 2.86. The first-order valence-electron chi connectivity index (χ1n) is 7.08. The van der Waals surface area contributed by atoms with E-state index in [4.69, 9.17) is 0 Å². The van der Waals surface area contributed by atoms with Gasteiger partial charge in [0.15, 0.2) is 5.60 Å². The first kappa shape index (κ1) is 19.4. The van der Waals surface area contributed by atoms with Crippen molar-refractivity contribution in [1.29, 1.82) is 0 Å². The van der Waals surface area contributed by atoms with Crippen molar-refractivity contribution in [3.63, 3.8) is 0 Å². The number of alkyl halides is 3. The third kappa shape index (κ3) is 4.00.